The molecule has 0 aliphatic rings. The minimum absolute atomic E-state index is 0.0985. The summed E-state index contributed by atoms with van der Waals surface area (Å²) in [7, 11) is 0. The molecule has 0 saturated heterocycles. The Labute approximate surface area is 169 Å². The Bertz CT molecular complexity index is 796. The van der Waals surface area contributed by atoms with E-state index < -0.39 is 0 Å². The van der Waals surface area contributed by atoms with Crippen LogP contribution in [-0.4, -0.2) is 28.7 Å². The maximum atomic E-state index is 11.9. The number of hydrogen-bond acceptors (Lipinski definition) is 5. The number of carbonyl (C=O) groups excluding carboxylic acids is 2. The van der Waals surface area contributed by atoms with Crippen LogP contribution in [0.1, 0.15) is 31.2 Å². The van der Waals surface area contributed by atoms with Crippen molar-refractivity contribution in [3.63, 3.8) is 0 Å². The lowest BCUT2D eigenvalue weighted by molar-refractivity contribution is -0.143. The highest BCUT2D eigenvalue weighted by Crippen LogP contribution is 2.15. The summed E-state index contributed by atoms with van der Waals surface area (Å²) in [5, 5.41) is 14.9. The molecule has 1 amide bonds. The van der Waals surface area contributed by atoms with E-state index in [9.17, 15) is 14.7 Å². The number of anilines is 1. The molecule has 2 aromatic carbocycles. The summed E-state index contributed by atoms with van der Waals surface area (Å²) in [6.07, 6.45) is 2.37. The standard InChI is InChI=1S/C21H24N2O4S/c24-18-11-4-10-17(15-18)22-21(28)23-19(25)12-5-13-20(26)27-14-6-9-16-7-2-1-3-8-16/h1-4,7-8,10-11,15,24H,5-6,9,12-14H2,(H2,22,23,25,28). The van der Waals surface area contributed by atoms with Gasteiger partial charge in [-0.05, 0) is 49.2 Å². The van der Waals surface area contributed by atoms with Gasteiger partial charge in [0.15, 0.2) is 5.11 Å². The fraction of sp³-hybridized carbons (Fsp3) is 0.286. The number of phenolic OH excluding ortho intramolecular Hbond substituents is 1. The smallest absolute Gasteiger partial charge is 0.305 e. The van der Waals surface area contributed by atoms with Crippen molar-refractivity contribution in [1.82, 2.24) is 5.32 Å². The highest BCUT2D eigenvalue weighted by Gasteiger charge is 2.08. The van der Waals surface area contributed by atoms with Crippen LogP contribution in [0.2, 0.25) is 0 Å². The number of aromatic hydroxyl groups is 1. The molecule has 0 saturated carbocycles. The first-order valence-corrected chi connectivity index (χ1v) is 9.53. The fourth-order valence-electron chi connectivity index (χ4n) is 2.51. The molecule has 0 spiro atoms. The van der Waals surface area contributed by atoms with Crippen LogP contribution in [0.5, 0.6) is 5.75 Å². The first kappa shape index (κ1) is 21.4. The molecule has 0 atom stereocenters. The molecule has 3 N–H and O–H groups in total. The van der Waals surface area contributed by atoms with Crippen LogP contribution in [0.3, 0.4) is 0 Å². The van der Waals surface area contributed by atoms with Gasteiger partial charge in [-0.3, -0.25) is 9.59 Å². The quantitative estimate of drug-likeness (QED) is 0.339. The molecule has 148 valence electrons. The van der Waals surface area contributed by atoms with E-state index in [0.717, 1.165) is 12.8 Å². The molecule has 7 heteroatoms. The Morgan fingerprint density at radius 3 is 2.54 bits per heavy atom. The zero-order valence-corrected chi connectivity index (χ0v) is 16.3. The summed E-state index contributed by atoms with van der Waals surface area (Å²) in [6, 6.07) is 16.4. The predicted octanol–water partition coefficient (Wildman–Crippen LogP) is 3.55. The van der Waals surface area contributed by atoms with Crippen LogP contribution in [-0.2, 0) is 20.7 Å². The first-order valence-electron chi connectivity index (χ1n) is 9.12. The van der Waals surface area contributed by atoms with E-state index in [1.165, 1.54) is 17.7 Å². The molecule has 0 heterocycles. The van der Waals surface area contributed by atoms with Crippen molar-refractivity contribution in [2.24, 2.45) is 0 Å². The molecule has 0 aliphatic heterocycles. The van der Waals surface area contributed by atoms with Gasteiger partial charge in [0.25, 0.3) is 0 Å². The number of carbonyl (C=O) groups is 2. The minimum Gasteiger partial charge on any atom is -0.508 e. The number of nitrogens with one attached hydrogen (secondary N) is 2. The van der Waals surface area contributed by atoms with E-state index in [1.807, 2.05) is 30.3 Å². The van der Waals surface area contributed by atoms with Crippen LogP contribution < -0.4 is 10.6 Å². The average Bonchev–Trinajstić information content (AvgIpc) is 2.66. The molecule has 0 unspecified atom stereocenters. The summed E-state index contributed by atoms with van der Waals surface area (Å²) in [6.45, 7) is 0.373. The van der Waals surface area contributed by atoms with Crippen molar-refractivity contribution in [2.75, 3.05) is 11.9 Å². The number of benzene rings is 2. The number of aryl methyl sites for hydroxylation is 1. The number of amides is 1. The molecule has 28 heavy (non-hydrogen) atoms. The Hall–Kier alpha value is -2.93. The van der Waals surface area contributed by atoms with Gasteiger partial charge in [0, 0.05) is 24.6 Å². The summed E-state index contributed by atoms with van der Waals surface area (Å²) >= 11 is 5.05. The average molecular weight is 401 g/mol. The van der Waals surface area contributed by atoms with Gasteiger partial charge in [0.1, 0.15) is 5.75 Å². The Kier molecular flexibility index (Phi) is 8.94. The predicted molar refractivity (Wildman–Crippen MR) is 112 cm³/mol. The van der Waals surface area contributed by atoms with Gasteiger partial charge < -0.3 is 20.5 Å². The van der Waals surface area contributed by atoms with Crippen LogP contribution in [0.4, 0.5) is 5.69 Å². The monoisotopic (exact) mass is 400 g/mol. The third kappa shape index (κ3) is 8.64. The van der Waals surface area contributed by atoms with Crippen molar-refractivity contribution in [2.45, 2.75) is 32.1 Å². The first-order chi connectivity index (χ1) is 13.5. The Morgan fingerprint density at radius 1 is 1.00 bits per heavy atom. The minimum atomic E-state index is -0.304. The van der Waals surface area contributed by atoms with E-state index in [4.69, 9.17) is 17.0 Å². The van der Waals surface area contributed by atoms with Gasteiger partial charge in [-0.2, -0.15) is 0 Å². The third-order valence-electron chi connectivity index (χ3n) is 3.86. The number of ether oxygens (including phenoxy) is 1. The Morgan fingerprint density at radius 2 is 1.79 bits per heavy atom. The van der Waals surface area contributed by atoms with Crippen molar-refractivity contribution in [1.29, 1.82) is 0 Å². The molecule has 2 aromatic rings. The molecule has 0 aliphatic carbocycles. The lowest BCUT2D eigenvalue weighted by Crippen LogP contribution is -2.34. The van der Waals surface area contributed by atoms with Gasteiger partial charge in [0.05, 0.1) is 6.61 Å². The second-order valence-corrected chi connectivity index (χ2v) is 6.62. The van der Waals surface area contributed by atoms with Crippen LogP contribution in [0.15, 0.2) is 54.6 Å². The van der Waals surface area contributed by atoms with Gasteiger partial charge in [-0.25, -0.2) is 0 Å². The molecule has 0 radical (unpaired) electrons. The van der Waals surface area contributed by atoms with E-state index in [-0.39, 0.29) is 35.6 Å². The SMILES string of the molecule is O=C(CCCC(=O)OCCCc1ccccc1)NC(=S)Nc1cccc(O)c1. The van der Waals surface area contributed by atoms with Crippen LogP contribution >= 0.6 is 12.2 Å². The maximum Gasteiger partial charge on any atom is 0.305 e. The largest absolute Gasteiger partial charge is 0.508 e. The number of rotatable bonds is 9. The number of phenols is 1. The second-order valence-electron chi connectivity index (χ2n) is 6.22. The normalized spacial score (nSPS) is 10.1. The zero-order valence-electron chi connectivity index (χ0n) is 15.5. The molecule has 2 rings (SSSR count). The lowest BCUT2D eigenvalue weighted by atomic mass is 10.1. The molecule has 0 fully saturated rings. The van der Waals surface area contributed by atoms with E-state index in [1.54, 1.807) is 12.1 Å². The maximum absolute atomic E-state index is 11.9. The summed E-state index contributed by atoms with van der Waals surface area (Å²) in [5.74, 6) is -0.489. The molecule has 0 bridgehead atoms. The lowest BCUT2D eigenvalue weighted by Gasteiger charge is -2.09. The van der Waals surface area contributed by atoms with Crippen LogP contribution in [0, 0.1) is 0 Å². The van der Waals surface area contributed by atoms with Crippen molar-refractivity contribution < 1.29 is 19.4 Å². The summed E-state index contributed by atoms with van der Waals surface area (Å²) in [4.78, 5) is 23.6. The number of esters is 1. The molecule has 6 nitrogen and oxygen atoms in total. The second kappa shape index (κ2) is 11.7. The molecule has 0 aromatic heterocycles. The fourth-order valence-corrected chi connectivity index (χ4v) is 2.74. The van der Waals surface area contributed by atoms with Gasteiger partial charge >= 0.3 is 5.97 Å². The van der Waals surface area contributed by atoms with Crippen molar-refractivity contribution >= 4 is 34.9 Å². The third-order valence-corrected chi connectivity index (χ3v) is 4.06. The van der Waals surface area contributed by atoms with E-state index in [0.29, 0.717) is 18.7 Å². The number of thiocarbonyl (C=S) groups is 1. The van der Waals surface area contributed by atoms with Crippen molar-refractivity contribution in [3.05, 3.63) is 60.2 Å². The number of hydrogen-bond donors (Lipinski definition) is 3. The molecular formula is C21H24N2O4S. The summed E-state index contributed by atoms with van der Waals surface area (Å²) < 4.78 is 5.18. The zero-order chi connectivity index (χ0) is 20.2. The van der Waals surface area contributed by atoms with Gasteiger partial charge in [-0.15, -0.1) is 0 Å². The molecular weight excluding hydrogens is 376 g/mol. The van der Waals surface area contributed by atoms with Crippen molar-refractivity contribution in [3.8, 4) is 5.75 Å². The highest BCUT2D eigenvalue weighted by atomic mass is 32.1. The van der Waals surface area contributed by atoms with Gasteiger partial charge in [-0.1, -0.05) is 36.4 Å². The topological polar surface area (TPSA) is 87.7 Å². The van der Waals surface area contributed by atoms with E-state index in [2.05, 4.69) is 10.6 Å². The van der Waals surface area contributed by atoms with E-state index >= 15 is 0 Å². The van der Waals surface area contributed by atoms with Crippen LogP contribution in [0.25, 0.3) is 0 Å². The highest BCUT2D eigenvalue weighted by molar-refractivity contribution is 7.80. The summed E-state index contributed by atoms with van der Waals surface area (Å²) in [5.41, 5.74) is 1.79. The Balaban J connectivity index is 1.54. The van der Waals surface area contributed by atoms with Gasteiger partial charge in [0.2, 0.25) is 5.91 Å².